The van der Waals surface area contributed by atoms with Crippen LogP contribution >= 0.6 is 0 Å². The van der Waals surface area contributed by atoms with E-state index in [1.807, 2.05) is 0 Å². The Labute approximate surface area is 204 Å². The maximum Gasteiger partial charge on any atom is 0.0974 e. The molecule has 4 fully saturated rings. The van der Waals surface area contributed by atoms with Gasteiger partial charge in [-0.25, -0.2) is 0 Å². The largest absolute Gasteiger partial charge is 0.359 e. The number of ether oxygens (including phenoxy) is 1. The highest BCUT2D eigenvalue weighted by molar-refractivity contribution is 5.83. The van der Waals surface area contributed by atoms with Gasteiger partial charge in [0.15, 0.2) is 0 Å². The van der Waals surface area contributed by atoms with Gasteiger partial charge < -0.3 is 9.64 Å². The van der Waals surface area contributed by atoms with Crippen molar-refractivity contribution in [1.29, 1.82) is 0 Å². The van der Waals surface area contributed by atoms with Gasteiger partial charge in [0.1, 0.15) is 0 Å². The quantitative estimate of drug-likeness (QED) is 0.480. The van der Waals surface area contributed by atoms with Gasteiger partial charge >= 0.3 is 0 Å². The van der Waals surface area contributed by atoms with E-state index in [1.165, 1.54) is 81.6 Å². The summed E-state index contributed by atoms with van der Waals surface area (Å²) in [6.07, 6.45) is 16.7. The number of nitrogens with zero attached hydrogens (tertiary/aromatic N) is 1. The fourth-order valence-corrected chi connectivity index (χ4v) is 9.37. The Balaban J connectivity index is 1.16. The molecular formula is C32H37NO. The van der Waals surface area contributed by atoms with Crippen molar-refractivity contribution in [3.63, 3.8) is 0 Å². The van der Waals surface area contributed by atoms with Crippen molar-refractivity contribution in [1.82, 2.24) is 4.90 Å². The van der Waals surface area contributed by atoms with Gasteiger partial charge in [0.05, 0.1) is 11.2 Å². The first kappa shape index (κ1) is 20.3. The Morgan fingerprint density at radius 2 is 1.85 bits per heavy atom. The molecule has 2 heteroatoms. The third-order valence-electron chi connectivity index (χ3n) is 11.2. The number of likely N-dealkylation sites (tertiary alicyclic amines) is 1. The predicted octanol–water partition coefficient (Wildman–Crippen LogP) is 7.16. The standard InChI is InChI=1S/C32H37NO/c1-30-14-13-26-20-25-9-10-27(33-17-4-18-33)21-31(25)15-16-32(26,34-31)29(30)12-11-28(30)24-8-7-22-5-2-3-6-23(22)19-24/h2-3,5-8,13,19-20,27-29H,4,9-12,14-18,21H2,1H3/t27-,28+,29+,30+,31+,32+/m0/s1. The molecule has 0 amide bonds. The van der Waals surface area contributed by atoms with Gasteiger partial charge in [0.2, 0.25) is 0 Å². The molecule has 3 aliphatic heterocycles. The first-order valence-electron chi connectivity index (χ1n) is 13.9. The molecule has 2 saturated carbocycles. The monoisotopic (exact) mass is 451 g/mol. The van der Waals surface area contributed by atoms with Gasteiger partial charge in [0, 0.05) is 6.04 Å². The first-order chi connectivity index (χ1) is 16.6. The second kappa shape index (κ2) is 6.86. The summed E-state index contributed by atoms with van der Waals surface area (Å²) in [6, 6.07) is 16.8. The summed E-state index contributed by atoms with van der Waals surface area (Å²) in [5.41, 5.74) is 5.03. The number of allylic oxidation sites excluding steroid dienone is 1. The van der Waals surface area contributed by atoms with Crippen LogP contribution in [0.15, 0.2) is 65.8 Å². The van der Waals surface area contributed by atoms with E-state index in [-0.39, 0.29) is 16.6 Å². The highest BCUT2D eigenvalue weighted by atomic mass is 16.5. The molecular weight excluding hydrogens is 414 g/mol. The van der Waals surface area contributed by atoms with Crippen LogP contribution in [0.25, 0.3) is 10.8 Å². The molecule has 0 aromatic heterocycles. The van der Waals surface area contributed by atoms with Gasteiger partial charge in [-0.1, -0.05) is 61.5 Å². The number of rotatable bonds is 2. The molecule has 8 rings (SSSR count). The molecule has 6 atom stereocenters. The fourth-order valence-electron chi connectivity index (χ4n) is 9.37. The van der Waals surface area contributed by atoms with Gasteiger partial charge in [-0.2, -0.15) is 0 Å². The van der Waals surface area contributed by atoms with Crippen molar-refractivity contribution >= 4 is 10.8 Å². The number of hydrogen-bond donors (Lipinski definition) is 0. The van der Waals surface area contributed by atoms with Gasteiger partial charge in [-0.05, 0) is 116 Å². The summed E-state index contributed by atoms with van der Waals surface area (Å²) in [5.74, 6) is 1.26. The van der Waals surface area contributed by atoms with E-state index >= 15 is 0 Å². The minimum absolute atomic E-state index is 0.0288. The van der Waals surface area contributed by atoms with Crippen LogP contribution < -0.4 is 0 Å². The summed E-state index contributed by atoms with van der Waals surface area (Å²) >= 11 is 0. The molecule has 2 saturated heterocycles. The Morgan fingerprint density at radius 3 is 2.71 bits per heavy atom. The van der Waals surface area contributed by atoms with E-state index in [9.17, 15) is 0 Å². The van der Waals surface area contributed by atoms with Crippen LogP contribution in [-0.4, -0.2) is 35.2 Å². The zero-order chi connectivity index (χ0) is 22.5. The minimum atomic E-state index is -0.0288. The molecule has 34 heavy (non-hydrogen) atoms. The first-order valence-corrected chi connectivity index (χ1v) is 13.9. The smallest absolute Gasteiger partial charge is 0.0974 e. The molecule has 2 aromatic carbocycles. The molecule has 2 spiro atoms. The zero-order valence-corrected chi connectivity index (χ0v) is 20.6. The van der Waals surface area contributed by atoms with Crippen molar-refractivity contribution in [3.05, 3.63) is 71.3 Å². The highest BCUT2D eigenvalue weighted by Crippen LogP contribution is 2.69. The summed E-state index contributed by atoms with van der Waals surface area (Å²) in [6.45, 7) is 5.22. The molecule has 3 heterocycles. The third-order valence-corrected chi connectivity index (χ3v) is 11.2. The van der Waals surface area contributed by atoms with E-state index in [2.05, 4.69) is 66.4 Å². The lowest BCUT2D eigenvalue weighted by molar-refractivity contribution is -0.142. The lowest BCUT2D eigenvalue weighted by atomic mass is 9.58. The van der Waals surface area contributed by atoms with Gasteiger partial charge in [-0.3, -0.25) is 0 Å². The molecule has 3 aliphatic carbocycles. The van der Waals surface area contributed by atoms with Crippen molar-refractivity contribution in [2.45, 2.75) is 87.9 Å². The van der Waals surface area contributed by atoms with Crippen molar-refractivity contribution in [3.8, 4) is 0 Å². The van der Waals surface area contributed by atoms with Crippen LogP contribution in [-0.2, 0) is 4.74 Å². The highest BCUT2D eigenvalue weighted by Gasteiger charge is 2.66. The second-order valence-electron chi connectivity index (χ2n) is 12.6. The lowest BCUT2D eigenvalue weighted by Gasteiger charge is -2.55. The van der Waals surface area contributed by atoms with E-state index in [4.69, 9.17) is 4.74 Å². The molecule has 6 aliphatic rings. The predicted molar refractivity (Wildman–Crippen MR) is 138 cm³/mol. The molecule has 176 valence electrons. The van der Waals surface area contributed by atoms with Crippen LogP contribution in [0.3, 0.4) is 0 Å². The van der Waals surface area contributed by atoms with Gasteiger partial charge in [-0.15, -0.1) is 0 Å². The molecule has 2 aromatic rings. The minimum Gasteiger partial charge on any atom is -0.359 e. The number of benzene rings is 2. The Hall–Kier alpha value is -1.90. The number of fused-ring (bicyclic) bond motifs is 2. The summed E-state index contributed by atoms with van der Waals surface area (Å²) in [5, 5.41) is 2.74. The maximum atomic E-state index is 7.50. The molecule has 0 N–H and O–H groups in total. The zero-order valence-electron chi connectivity index (χ0n) is 20.6. The third kappa shape index (κ3) is 2.54. The summed E-state index contributed by atoms with van der Waals surface area (Å²) < 4.78 is 7.50. The fraction of sp³-hybridized carbons (Fsp3) is 0.562. The van der Waals surface area contributed by atoms with Crippen LogP contribution in [0.1, 0.15) is 76.2 Å². The average molecular weight is 452 g/mol. The topological polar surface area (TPSA) is 12.5 Å². The Morgan fingerprint density at radius 1 is 0.971 bits per heavy atom. The van der Waals surface area contributed by atoms with E-state index in [0.29, 0.717) is 11.8 Å². The maximum absolute atomic E-state index is 7.50. The molecule has 2 nitrogen and oxygen atoms in total. The van der Waals surface area contributed by atoms with Crippen molar-refractivity contribution in [2.75, 3.05) is 13.1 Å². The average Bonchev–Trinajstić information content (AvgIpc) is 3.33. The number of hydrogen-bond acceptors (Lipinski definition) is 2. The van der Waals surface area contributed by atoms with Crippen LogP contribution in [0, 0.1) is 11.3 Å². The van der Waals surface area contributed by atoms with Crippen LogP contribution in [0.5, 0.6) is 0 Å². The molecule has 0 radical (unpaired) electrons. The SMILES string of the molecule is C[C@]12CC=C3C=C4CC[C@H](N5CCC5)C[C@]45CC[C@]3(O5)[C@@H]1CC[C@@H]2c1ccc2ccccc2c1. The Bertz CT molecular complexity index is 1240. The second-order valence-corrected chi connectivity index (χ2v) is 12.6. The Kier molecular flexibility index (Phi) is 4.10. The van der Waals surface area contributed by atoms with E-state index < -0.39 is 0 Å². The van der Waals surface area contributed by atoms with Gasteiger partial charge in [0.25, 0.3) is 0 Å². The summed E-state index contributed by atoms with van der Waals surface area (Å²) in [7, 11) is 0. The normalized spacial score (nSPS) is 42.9. The summed E-state index contributed by atoms with van der Waals surface area (Å²) in [4.78, 5) is 2.74. The lowest BCUT2D eigenvalue weighted by Crippen LogP contribution is -2.56. The van der Waals surface area contributed by atoms with E-state index in [1.54, 1.807) is 16.7 Å². The van der Waals surface area contributed by atoms with Crippen molar-refractivity contribution in [2.24, 2.45) is 11.3 Å². The molecule has 0 unspecified atom stereocenters. The van der Waals surface area contributed by atoms with E-state index in [0.717, 1.165) is 6.04 Å². The van der Waals surface area contributed by atoms with Crippen molar-refractivity contribution < 1.29 is 4.74 Å². The van der Waals surface area contributed by atoms with Crippen LogP contribution in [0.2, 0.25) is 0 Å². The molecule has 2 bridgehead atoms. The van der Waals surface area contributed by atoms with Crippen LogP contribution in [0.4, 0.5) is 0 Å².